The summed E-state index contributed by atoms with van der Waals surface area (Å²) in [7, 11) is 1.58. The van der Waals surface area contributed by atoms with Crippen molar-refractivity contribution in [3.05, 3.63) is 53.6 Å². The van der Waals surface area contributed by atoms with Gasteiger partial charge in [-0.2, -0.15) is 5.10 Å². The summed E-state index contributed by atoms with van der Waals surface area (Å²) < 4.78 is 10.7. The van der Waals surface area contributed by atoms with Crippen LogP contribution in [-0.4, -0.2) is 25.8 Å². The molecule has 0 aliphatic carbocycles. The number of anilines is 1. The number of hydrogen-bond acceptors (Lipinski definition) is 5. The Morgan fingerprint density at radius 1 is 1.26 bits per heavy atom. The van der Waals surface area contributed by atoms with E-state index >= 15 is 0 Å². The van der Waals surface area contributed by atoms with Crippen molar-refractivity contribution in [2.45, 2.75) is 6.92 Å². The number of nitrogens with one attached hydrogen (secondary N) is 1. The molecule has 0 atom stereocenters. The molecule has 2 aromatic carbocycles. The minimum Gasteiger partial charge on any atom is -0.493 e. The second-order valence-corrected chi connectivity index (χ2v) is 4.67. The standard InChI is InChI=1S/C17H19N3O3/c1-3-23-16-9-12(7-8-15(16)22-2)11-19-20-17(21)13-5-4-6-14(18)10-13/h4-11H,3,18H2,1-2H3,(H,20,21)/b19-11-. The first-order valence-electron chi connectivity index (χ1n) is 7.13. The maximum atomic E-state index is 11.9. The molecule has 0 bridgehead atoms. The van der Waals surface area contributed by atoms with Crippen LogP contribution in [-0.2, 0) is 0 Å². The molecule has 0 fully saturated rings. The van der Waals surface area contributed by atoms with Gasteiger partial charge in [-0.05, 0) is 48.9 Å². The van der Waals surface area contributed by atoms with Crippen LogP contribution < -0.4 is 20.6 Å². The molecule has 0 spiro atoms. The SMILES string of the molecule is CCOc1cc(/C=N\NC(=O)c2cccc(N)c2)ccc1OC. The average molecular weight is 313 g/mol. The van der Waals surface area contributed by atoms with Crippen molar-refractivity contribution in [3.8, 4) is 11.5 Å². The van der Waals surface area contributed by atoms with Gasteiger partial charge in [0, 0.05) is 11.3 Å². The zero-order valence-electron chi connectivity index (χ0n) is 13.1. The van der Waals surface area contributed by atoms with Gasteiger partial charge in [0.1, 0.15) is 0 Å². The number of nitrogens with two attached hydrogens (primary N) is 1. The summed E-state index contributed by atoms with van der Waals surface area (Å²) in [6.07, 6.45) is 1.53. The Morgan fingerprint density at radius 3 is 2.78 bits per heavy atom. The van der Waals surface area contributed by atoms with Crippen molar-refractivity contribution < 1.29 is 14.3 Å². The van der Waals surface area contributed by atoms with Crippen LogP contribution in [0.15, 0.2) is 47.6 Å². The minimum absolute atomic E-state index is 0.327. The fraction of sp³-hybridized carbons (Fsp3) is 0.176. The van der Waals surface area contributed by atoms with E-state index in [9.17, 15) is 4.79 Å². The van der Waals surface area contributed by atoms with Gasteiger partial charge >= 0.3 is 0 Å². The maximum Gasteiger partial charge on any atom is 0.271 e. The van der Waals surface area contributed by atoms with Gasteiger partial charge in [-0.3, -0.25) is 4.79 Å². The van der Waals surface area contributed by atoms with Gasteiger partial charge in [-0.1, -0.05) is 6.07 Å². The number of rotatable bonds is 6. The zero-order valence-corrected chi connectivity index (χ0v) is 13.1. The Balaban J connectivity index is 2.05. The summed E-state index contributed by atoms with van der Waals surface area (Å²) >= 11 is 0. The van der Waals surface area contributed by atoms with Crippen molar-refractivity contribution in [2.75, 3.05) is 19.5 Å². The van der Waals surface area contributed by atoms with Crippen molar-refractivity contribution in [3.63, 3.8) is 0 Å². The molecule has 6 heteroatoms. The third kappa shape index (κ3) is 4.47. The summed E-state index contributed by atoms with van der Waals surface area (Å²) in [4.78, 5) is 11.9. The number of nitrogens with zero attached hydrogens (tertiary/aromatic N) is 1. The predicted molar refractivity (Wildman–Crippen MR) is 90.1 cm³/mol. The van der Waals surface area contributed by atoms with E-state index in [2.05, 4.69) is 10.5 Å². The Bertz CT molecular complexity index is 714. The second kappa shape index (κ2) is 7.84. The van der Waals surface area contributed by atoms with E-state index in [1.54, 1.807) is 43.5 Å². The summed E-state index contributed by atoms with van der Waals surface area (Å²) in [6, 6.07) is 12.1. The Hall–Kier alpha value is -3.02. The lowest BCUT2D eigenvalue weighted by Gasteiger charge is -2.09. The number of amides is 1. The Labute approximate surface area is 134 Å². The van der Waals surface area contributed by atoms with E-state index in [1.807, 2.05) is 13.0 Å². The van der Waals surface area contributed by atoms with Crippen LogP contribution in [0.3, 0.4) is 0 Å². The lowest BCUT2D eigenvalue weighted by atomic mass is 10.2. The van der Waals surface area contributed by atoms with Crippen LogP contribution >= 0.6 is 0 Å². The van der Waals surface area contributed by atoms with E-state index in [0.29, 0.717) is 29.4 Å². The molecule has 2 rings (SSSR count). The minimum atomic E-state index is -0.327. The number of ether oxygens (including phenoxy) is 2. The summed E-state index contributed by atoms with van der Waals surface area (Å²) in [5, 5.41) is 3.94. The highest BCUT2D eigenvalue weighted by Gasteiger charge is 2.05. The molecule has 1 amide bonds. The summed E-state index contributed by atoms with van der Waals surface area (Å²) in [6.45, 7) is 2.43. The molecular weight excluding hydrogens is 294 g/mol. The van der Waals surface area contributed by atoms with Crippen molar-refractivity contribution in [2.24, 2.45) is 5.10 Å². The monoisotopic (exact) mass is 313 g/mol. The number of carbonyl (C=O) groups is 1. The van der Waals surface area contributed by atoms with Gasteiger partial charge in [0.05, 0.1) is 19.9 Å². The zero-order chi connectivity index (χ0) is 16.7. The number of nitrogen functional groups attached to an aromatic ring is 1. The molecular formula is C17H19N3O3. The normalized spacial score (nSPS) is 10.5. The summed E-state index contributed by atoms with van der Waals surface area (Å²) in [5.41, 5.74) is 9.86. The smallest absolute Gasteiger partial charge is 0.271 e. The van der Waals surface area contributed by atoms with Gasteiger partial charge < -0.3 is 15.2 Å². The number of hydrogen-bond donors (Lipinski definition) is 2. The molecule has 0 unspecified atom stereocenters. The molecule has 0 aliphatic rings. The molecule has 120 valence electrons. The highest BCUT2D eigenvalue weighted by Crippen LogP contribution is 2.27. The van der Waals surface area contributed by atoms with Gasteiger partial charge in [-0.25, -0.2) is 5.43 Å². The van der Waals surface area contributed by atoms with E-state index in [1.165, 1.54) is 6.21 Å². The highest BCUT2D eigenvalue weighted by atomic mass is 16.5. The van der Waals surface area contributed by atoms with E-state index in [4.69, 9.17) is 15.2 Å². The predicted octanol–water partition coefficient (Wildman–Crippen LogP) is 2.44. The van der Waals surface area contributed by atoms with Crippen molar-refractivity contribution in [1.29, 1.82) is 0 Å². The first-order valence-corrected chi connectivity index (χ1v) is 7.13. The topological polar surface area (TPSA) is 85.9 Å². The molecule has 0 aromatic heterocycles. The Morgan fingerprint density at radius 2 is 2.09 bits per heavy atom. The number of hydrazone groups is 1. The molecule has 0 saturated heterocycles. The van der Waals surface area contributed by atoms with Gasteiger partial charge in [0.15, 0.2) is 11.5 Å². The number of carbonyl (C=O) groups excluding carboxylic acids is 1. The maximum absolute atomic E-state index is 11.9. The molecule has 2 aromatic rings. The first-order chi connectivity index (χ1) is 11.1. The van der Waals surface area contributed by atoms with Crippen LogP contribution in [0.2, 0.25) is 0 Å². The quantitative estimate of drug-likeness (QED) is 0.487. The molecule has 0 aliphatic heterocycles. The van der Waals surface area contributed by atoms with Crippen LogP contribution in [0.25, 0.3) is 0 Å². The largest absolute Gasteiger partial charge is 0.493 e. The van der Waals surface area contributed by atoms with Crippen LogP contribution in [0.1, 0.15) is 22.8 Å². The van der Waals surface area contributed by atoms with Crippen LogP contribution in [0.4, 0.5) is 5.69 Å². The number of methoxy groups -OCH3 is 1. The second-order valence-electron chi connectivity index (χ2n) is 4.67. The number of benzene rings is 2. The molecule has 0 saturated carbocycles. The molecule has 0 heterocycles. The molecule has 23 heavy (non-hydrogen) atoms. The molecule has 3 N–H and O–H groups in total. The van der Waals surface area contributed by atoms with Gasteiger partial charge in [0.2, 0.25) is 0 Å². The van der Waals surface area contributed by atoms with Crippen LogP contribution in [0, 0.1) is 0 Å². The fourth-order valence-electron chi connectivity index (χ4n) is 1.95. The van der Waals surface area contributed by atoms with Gasteiger partial charge in [-0.15, -0.1) is 0 Å². The molecule has 6 nitrogen and oxygen atoms in total. The van der Waals surface area contributed by atoms with E-state index < -0.39 is 0 Å². The average Bonchev–Trinajstić information content (AvgIpc) is 2.55. The first kappa shape index (κ1) is 16.4. The van der Waals surface area contributed by atoms with Crippen molar-refractivity contribution >= 4 is 17.8 Å². The van der Waals surface area contributed by atoms with E-state index in [-0.39, 0.29) is 5.91 Å². The Kier molecular flexibility index (Phi) is 5.57. The third-order valence-electron chi connectivity index (χ3n) is 3.02. The van der Waals surface area contributed by atoms with Gasteiger partial charge in [0.25, 0.3) is 5.91 Å². The lowest BCUT2D eigenvalue weighted by Crippen LogP contribution is -2.17. The summed E-state index contributed by atoms with van der Waals surface area (Å²) in [5.74, 6) is 0.945. The van der Waals surface area contributed by atoms with Crippen molar-refractivity contribution in [1.82, 2.24) is 5.43 Å². The van der Waals surface area contributed by atoms with E-state index in [0.717, 1.165) is 5.56 Å². The third-order valence-corrected chi connectivity index (χ3v) is 3.02. The lowest BCUT2D eigenvalue weighted by molar-refractivity contribution is 0.0955. The molecule has 0 radical (unpaired) electrons. The fourth-order valence-corrected chi connectivity index (χ4v) is 1.95. The highest BCUT2D eigenvalue weighted by molar-refractivity contribution is 5.95. The van der Waals surface area contributed by atoms with Crippen LogP contribution in [0.5, 0.6) is 11.5 Å².